The second-order valence-electron chi connectivity index (χ2n) is 9.24. The van der Waals surface area contributed by atoms with E-state index in [4.69, 9.17) is 28.5 Å². The first kappa shape index (κ1) is 32.3. The molecular formula is C24H36N5O9P. The zero-order valence-corrected chi connectivity index (χ0v) is 24.0. The van der Waals surface area contributed by atoms with Gasteiger partial charge in [-0.05, 0) is 33.8 Å². The molecule has 1 aliphatic heterocycles. The molecule has 0 spiro atoms. The highest BCUT2D eigenvalue weighted by Crippen LogP contribution is 2.47. The highest BCUT2D eigenvalue weighted by Gasteiger charge is 2.51. The molecule has 1 aromatic heterocycles. The minimum atomic E-state index is -1.66. The van der Waals surface area contributed by atoms with Crippen molar-refractivity contribution in [2.45, 2.75) is 91.5 Å². The van der Waals surface area contributed by atoms with Crippen LogP contribution in [-0.4, -0.2) is 75.7 Å². The first-order chi connectivity index (χ1) is 18.3. The Morgan fingerprint density at radius 1 is 1.13 bits per heavy atom. The summed E-state index contributed by atoms with van der Waals surface area (Å²) < 4.78 is 32.2. The largest absolute Gasteiger partial charge is 0.456 e. The van der Waals surface area contributed by atoms with E-state index in [0.717, 1.165) is 4.57 Å². The Kier molecular flexibility index (Phi) is 12.4. The zero-order valence-electron chi connectivity index (χ0n) is 23.2. The summed E-state index contributed by atoms with van der Waals surface area (Å²) in [5.74, 6) is -1.72. The molecule has 15 heteroatoms. The number of hydrogen-bond acceptors (Lipinski definition) is 12. The fourth-order valence-electron chi connectivity index (χ4n) is 4.02. The molecule has 0 saturated carbocycles. The van der Waals surface area contributed by atoms with Gasteiger partial charge < -0.3 is 28.6 Å². The lowest BCUT2D eigenvalue weighted by Crippen LogP contribution is -2.42. The van der Waals surface area contributed by atoms with Crippen LogP contribution in [0.4, 0.5) is 5.82 Å². The number of nitrogens with zero attached hydrogens (tertiary/aromatic N) is 4. The van der Waals surface area contributed by atoms with E-state index in [9.17, 15) is 19.2 Å². The van der Waals surface area contributed by atoms with Gasteiger partial charge in [-0.1, -0.05) is 0 Å². The Bertz CT molecular complexity index is 1100. The molecule has 0 aromatic carbocycles. The average molecular weight is 570 g/mol. The number of ether oxygens (including phenoxy) is 3. The van der Waals surface area contributed by atoms with E-state index in [2.05, 4.69) is 10.3 Å². The lowest BCUT2D eigenvalue weighted by Gasteiger charge is -2.36. The molecule has 1 N–H and O–H groups in total. The molecule has 2 rings (SSSR count). The second-order valence-corrected chi connectivity index (χ2v) is 10.7. The number of hydrogen-bond donors (Lipinski definition) is 1. The Balaban J connectivity index is 2.40. The third-order valence-corrected chi connectivity index (χ3v) is 7.38. The summed E-state index contributed by atoms with van der Waals surface area (Å²) in [6, 6.07) is 3.50. The van der Waals surface area contributed by atoms with Gasteiger partial charge in [-0.3, -0.25) is 19.0 Å². The summed E-state index contributed by atoms with van der Waals surface area (Å²) in [7, 11) is -1.66. The van der Waals surface area contributed by atoms with Gasteiger partial charge in [-0.2, -0.15) is 10.2 Å². The number of nitriles is 1. The van der Waals surface area contributed by atoms with Gasteiger partial charge >= 0.3 is 17.6 Å². The van der Waals surface area contributed by atoms with Crippen LogP contribution in [0.15, 0.2) is 17.1 Å². The van der Waals surface area contributed by atoms with E-state index in [-0.39, 0.29) is 37.5 Å². The fraction of sp³-hybridized carbons (Fsp3) is 0.667. The summed E-state index contributed by atoms with van der Waals surface area (Å²) in [5.41, 5.74) is -0.792. The standard InChI is InChI=1S/C24H36N5O9P/c1-14(2)29(15(3)4)39(34-12-8-10-25)35-13-19-21(36-17(6)31)22(37-18(7)32)23(38-19)28-11-9-20(26-16(5)30)27-24(28)33/h9,11,14-15,19,21-23H,8,12-13H2,1-7H3,(H,26,27,30,33)/t19-,21-,22-,23-,39?/m0/s1. The van der Waals surface area contributed by atoms with Crippen LogP contribution >= 0.6 is 8.53 Å². The van der Waals surface area contributed by atoms with Crippen LogP contribution in [0.3, 0.4) is 0 Å². The van der Waals surface area contributed by atoms with Crippen molar-refractivity contribution < 1.29 is 37.6 Å². The third kappa shape index (κ3) is 9.33. The van der Waals surface area contributed by atoms with Crippen LogP contribution in [0.2, 0.25) is 0 Å². The number of nitrogens with one attached hydrogen (secondary N) is 1. The van der Waals surface area contributed by atoms with Crippen LogP contribution in [0.25, 0.3) is 0 Å². The molecule has 0 radical (unpaired) electrons. The highest BCUT2D eigenvalue weighted by atomic mass is 31.2. The van der Waals surface area contributed by atoms with Crippen LogP contribution in [-0.2, 0) is 37.6 Å². The summed E-state index contributed by atoms with van der Waals surface area (Å²) in [5, 5.41) is 11.4. The molecule has 1 aromatic rings. The van der Waals surface area contributed by atoms with Gasteiger partial charge in [0.25, 0.3) is 8.53 Å². The lowest BCUT2D eigenvalue weighted by molar-refractivity contribution is -0.165. The molecule has 39 heavy (non-hydrogen) atoms. The van der Waals surface area contributed by atoms with Crippen molar-refractivity contribution in [1.82, 2.24) is 14.2 Å². The molecule has 216 valence electrons. The van der Waals surface area contributed by atoms with Crippen molar-refractivity contribution in [3.8, 4) is 6.07 Å². The van der Waals surface area contributed by atoms with Gasteiger partial charge in [-0.15, -0.1) is 0 Å². The molecule has 0 aliphatic carbocycles. The van der Waals surface area contributed by atoms with Gasteiger partial charge in [0, 0.05) is 39.1 Å². The monoisotopic (exact) mass is 569 g/mol. The predicted octanol–water partition coefficient (Wildman–Crippen LogP) is 2.26. The van der Waals surface area contributed by atoms with Crippen molar-refractivity contribution >= 4 is 32.2 Å². The maximum absolute atomic E-state index is 12.8. The Hall–Kier alpha value is -2.95. The van der Waals surface area contributed by atoms with Crippen molar-refractivity contribution in [2.24, 2.45) is 0 Å². The van der Waals surface area contributed by atoms with E-state index in [1.54, 1.807) is 0 Å². The van der Waals surface area contributed by atoms with Crippen LogP contribution in [0, 0.1) is 11.3 Å². The lowest BCUT2D eigenvalue weighted by atomic mass is 10.1. The first-order valence-corrected chi connectivity index (χ1v) is 13.6. The predicted molar refractivity (Wildman–Crippen MR) is 139 cm³/mol. The Morgan fingerprint density at radius 2 is 1.74 bits per heavy atom. The van der Waals surface area contributed by atoms with Gasteiger partial charge in [0.1, 0.15) is 11.9 Å². The summed E-state index contributed by atoms with van der Waals surface area (Å²) in [4.78, 5) is 52.0. The van der Waals surface area contributed by atoms with Crippen LogP contribution in [0.5, 0.6) is 0 Å². The minimum Gasteiger partial charge on any atom is -0.456 e. The third-order valence-electron chi connectivity index (χ3n) is 5.31. The van der Waals surface area contributed by atoms with Crippen molar-refractivity contribution in [3.05, 3.63) is 22.7 Å². The van der Waals surface area contributed by atoms with Crippen LogP contribution in [0.1, 0.15) is 61.1 Å². The zero-order chi connectivity index (χ0) is 29.3. The topological polar surface area (TPSA) is 171 Å². The molecular weight excluding hydrogens is 533 g/mol. The number of carbonyl (C=O) groups excluding carboxylic acids is 3. The number of aromatic nitrogens is 2. The molecule has 5 atom stereocenters. The first-order valence-electron chi connectivity index (χ1n) is 12.4. The molecule has 14 nitrogen and oxygen atoms in total. The van der Waals surface area contributed by atoms with Gasteiger partial charge in [0.05, 0.1) is 25.7 Å². The fourth-order valence-corrected chi connectivity index (χ4v) is 5.64. The van der Waals surface area contributed by atoms with Crippen molar-refractivity contribution in [3.63, 3.8) is 0 Å². The number of carbonyl (C=O) groups is 3. The highest BCUT2D eigenvalue weighted by molar-refractivity contribution is 7.44. The molecule has 1 unspecified atom stereocenters. The molecule has 2 heterocycles. The van der Waals surface area contributed by atoms with Crippen molar-refractivity contribution in [2.75, 3.05) is 18.5 Å². The summed E-state index contributed by atoms with van der Waals surface area (Å²) in [6.45, 7) is 11.6. The quantitative estimate of drug-likeness (QED) is 0.209. The summed E-state index contributed by atoms with van der Waals surface area (Å²) >= 11 is 0. The number of rotatable bonds is 13. The second kappa shape index (κ2) is 15.0. The maximum atomic E-state index is 12.8. The number of esters is 2. The number of anilines is 1. The van der Waals surface area contributed by atoms with Gasteiger partial charge in [0.2, 0.25) is 5.91 Å². The van der Waals surface area contributed by atoms with Crippen LogP contribution < -0.4 is 11.0 Å². The molecule has 0 bridgehead atoms. The number of amides is 1. The maximum Gasteiger partial charge on any atom is 0.351 e. The van der Waals surface area contributed by atoms with E-state index < -0.39 is 56.6 Å². The smallest absolute Gasteiger partial charge is 0.351 e. The van der Waals surface area contributed by atoms with E-state index in [1.165, 1.54) is 33.0 Å². The van der Waals surface area contributed by atoms with E-state index in [0.29, 0.717) is 0 Å². The minimum absolute atomic E-state index is 0.0322. The molecule has 1 saturated heterocycles. The van der Waals surface area contributed by atoms with E-state index >= 15 is 0 Å². The van der Waals surface area contributed by atoms with Crippen molar-refractivity contribution in [1.29, 1.82) is 5.26 Å². The Morgan fingerprint density at radius 3 is 2.26 bits per heavy atom. The van der Waals surface area contributed by atoms with Gasteiger partial charge in [0.15, 0.2) is 18.4 Å². The Labute approximate surface area is 228 Å². The summed E-state index contributed by atoms with van der Waals surface area (Å²) in [6.07, 6.45) is -3.01. The normalized spacial score (nSPS) is 21.6. The van der Waals surface area contributed by atoms with E-state index in [1.807, 2.05) is 38.4 Å². The SMILES string of the molecule is CC(=O)Nc1ccn([C@H]2O[C@@H](COP(OCCC#N)N(C(C)C)C(C)C)[C@H](OC(C)=O)[C@@H]2OC(C)=O)c(=O)n1. The van der Waals surface area contributed by atoms with Gasteiger partial charge in [-0.25, -0.2) is 9.46 Å². The molecule has 1 fully saturated rings. The average Bonchev–Trinajstić information content (AvgIpc) is 3.12. The molecule has 1 aliphatic rings. The molecule has 1 amide bonds.